The minimum absolute atomic E-state index is 0.698. The fraction of sp³-hybridized carbons (Fsp3) is 0.333. The molecule has 0 amide bonds. The quantitative estimate of drug-likeness (QED) is 0.633. The van der Waals surface area contributed by atoms with E-state index in [2.05, 4.69) is 6.58 Å². The van der Waals surface area contributed by atoms with E-state index in [1.807, 2.05) is 39.0 Å². The SMILES string of the molecule is C=C(C)C1(C)Oc2ccc(C)cc2O1. The van der Waals surface area contributed by atoms with Gasteiger partial charge in [0.05, 0.1) is 0 Å². The van der Waals surface area contributed by atoms with E-state index < -0.39 is 5.79 Å². The number of fused-ring (bicyclic) bond motifs is 1. The molecule has 2 heteroatoms. The zero-order valence-electron chi connectivity index (χ0n) is 8.76. The summed E-state index contributed by atoms with van der Waals surface area (Å²) in [5, 5.41) is 0. The largest absolute Gasteiger partial charge is 0.445 e. The highest BCUT2D eigenvalue weighted by Gasteiger charge is 2.37. The zero-order valence-corrected chi connectivity index (χ0v) is 8.76. The molecule has 0 spiro atoms. The van der Waals surface area contributed by atoms with Crippen molar-refractivity contribution in [3.8, 4) is 11.5 Å². The minimum Gasteiger partial charge on any atom is -0.445 e. The van der Waals surface area contributed by atoms with Crippen LogP contribution >= 0.6 is 0 Å². The summed E-state index contributed by atoms with van der Waals surface area (Å²) < 4.78 is 11.4. The minimum atomic E-state index is -0.698. The second-order valence-corrected chi connectivity index (χ2v) is 3.88. The second-order valence-electron chi connectivity index (χ2n) is 3.88. The molecule has 0 aliphatic carbocycles. The summed E-state index contributed by atoms with van der Waals surface area (Å²) in [6.07, 6.45) is 0. The summed E-state index contributed by atoms with van der Waals surface area (Å²) in [7, 11) is 0. The van der Waals surface area contributed by atoms with E-state index in [1.165, 1.54) is 5.56 Å². The summed E-state index contributed by atoms with van der Waals surface area (Å²) in [5.74, 6) is 0.896. The van der Waals surface area contributed by atoms with Gasteiger partial charge in [0.1, 0.15) is 0 Å². The Balaban J connectivity index is 2.39. The lowest BCUT2D eigenvalue weighted by atomic mass is 10.2. The lowest BCUT2D eigenvalue weighted by Gasteiger charge is -2.22. The standard InChI is InChI=1S/C12H14O2/c1-8(2)12(4)13-10-6-5-9(3)7-11(10)14-12/h5-7H,1H2,2-4H3. The number of hydrogen-bond donors (Lipinski definition) is 0. The van der Waals surface area contributed by atoms with Crippen LogP contribution in [0.4, 0.5) is 0 Å². The Morgan fingerprint density at radius 3 is 2.57 bits per heavy atom. The molecular formula is C12H14O2. The van der Waals surface area contributed by atoms with E-state index in [9.17, 15) is 0 Å². The fourth-order valence-corrected chi connectivity index (χ4v) is 1.39. The van der Waals surface area contributed by atoms with Gasteiger partial charge in [-0.1, -0.05) is 12.6 Å². The van der Waals surface area contributed by atoms with Crippen LogP contribution < -0.4 is 9.47 Å². The number of ether oxygens (including phenoxy) is 2. The summed E-state index contributed by atoms with van der Waals surface area (Å²) >= 11 is 0. The van der Waals surface area contributed by atoms with Crippen LogP contribution in [-0.2, 0) is 0 Å². The average molecular weight is 190 g/mol. The van der Waals surface area contributed by atoms with Crippen LogP contribution in [0.5, 0.6) is 11.5 Å². The van der Waals surface area contributed by atoms with Crippen LogP contribution in [-0.4, -0.2) is 5.79 Å². The van der Waals surface area contributed by atoms with Crippen molar-refractivity contribution in [3.05, 3.63) is 35.9 Å². The third-order valence-electron chi connectivity index (χ3n) is 2.48. The van der Waals surface area contributed by atoms with E-state index in [0.717, 1.165) is 17.1 Å². The molecule has 0 fully saturated rings. The Kier molecular flexibility index (Phi) is 1.81. The molecular weight excluding hydrogens is 176 g/mol. The molecule has 14 heavy (non-hydrogen) atoms. The molecule has 2 nitrogen and oxygen atoms in total. The van der Waals surface area contributed by atoms with Crippen LogP contribution in [0, 0.1) is 6.92 Å². The van der Waals surface area contributed by atoms with Gasteiger partial charge >= 0.3 is 0 Å². The van der Waals surface area contributed by atoms with Crippen molar-refractivity contribution in [3.63, 3.8) is 0 Å². The van der Waals surface area contributed by atoms with Gasteiger partial charge < -0.3 is 9.47 Å². The topological polar surface area (TPSA) is 18.5 Å². The molecule has 1 atom stereocenters. The van der Waals surface area contributed by atoms with Crippen LogP contribution in [0.25, 0.3) is 0 Å². The first kappa shape index (κ1) is 9.13. The predicted octanol–water partition coefficient (Wildman–Crippen LogP) is 3.06. The van der Waals surface area contributed by atoms with Crippen molar-refractivity contribution >= 4 is 0 Å². The van der Waals surface area contributed by atoms with Gasteiger partial charge in [-0.2, -0.15) is 0 Å². The first-order valence-electron chi connectivity index (χ1n) is 4.66. The molecule has 1 aliphatic heterocycles. The van der Waals surface area contributed by atoms with Crippen molar-refractivity contribution in [2.45, 2.75) is 26.6 Å². The van der Waals surface area contributed by atoms with E-state index in [1.54, 1.807) is 0 Å². The van der Waals surface area contributed by atoms with Crippen LogP contribution in [0.15, 0.2) is 30.4 Å². The molecule has 1 aliphatic rings. The Morgan fingerprint density at radius 1 is 1.29 bits per heavy atom. The Hall–Kier alpha value is -1.44. The van der Waals surface area contributed by atoms with Gasteiger partial charge in [-0.15, -0.1) is 0 Å². The normalized spacial score (nSPS) is 23.6. The van der Waals surface area contributed by atoms with Crippen molar-refractivity contribution in [1.29, 1.82) is 0 Å². The Labute approximate surface area is 84.2 Å². The van der Waals surface area contributed by atoms with Gasteiger partial charge in [-0.25, -0.2) is 0 Å². The highest BCUT2D eigenvalue weighted by Crippen LogP contribution is 2.41. The molecule has 0 radical (unpaired) electrons. The maximum absolute atomic E-state index is 5.71. The maximum Gasteiger partial charge on any atom is 0.270 e. The number of rotatable bonds is 1. The van der Waals surface area contributed by atoms with Crippen molar-refractivity contribution < 1.29 is 9.47 Å². The van der Waals surface area contributed by atoms with Gasteiger partial charge in [-0.3, -0.25) is 0 Å². The molecule has 1 heterocycles. The third kappa shape index (κ3) is 1.27. The Morgan fingerprint density at radius 2 is 1.93 bits per heavy atom. The maximum atomic E-state index is 5.71. The lowest BCUT2D eigenvalue weighted by molar-refractivity contribution is -0.0252. The van der Waals surface area contributed by atoms with Crippen LogP contribution in [0.2, 0.25) is 0 Å². The summed E-state index contributed by atoms with van der Waals surface area (Å²) in [4.78, 5) is 0. The van der Waals surface area contributed by atoms with Crippen LogP contribution in [0.3, 0.4) is 0 Å². The zero-order chi connectivity index (χ0) is 10.3. The molecule has 0 bridgehead atoms. The van der Waals surface area contributed by atoms with Gasteiger partial charge in [0.15, 0.2) is 11.5 Å². The molecule has 1 aromatic rings. The molecule has 0 aromatic heterocycles. The van der Waals surface area contributed by atoms with Gasteiger partial charge in [-0.05, 0) is 31.5 Å². The lowest BCUT2D eigenvalue weighted by Crippen LogP contribution is -2.35. The predicted molar refractivity (Wildman–Crippen MR) is 55.7 cm³/mol. The molecule has 1 aromatic carbocycles. The first-order valence-corrected chi connectivity index (χ1v) is 4.66. The van der Waals surface area contributed by atoms with E-state index >= 15 is 0 Å². The number of hydrogen-bond acceptors (Lipinski definition) is 2. The van der Waals surface area contributed by atoms with Gasteiger partial charge in [0, 0.05) is 12.5 Å². The molecule has 74 valence electrons. The van der Waals surface area contributed by atoms with E-state index in [4.69, 9.17) is 9.47 Å². The second kappa shape index (κ2) is 2.77. The summed E-state index contributed by atoms with van der Waals surface area (Å²) in [6, 6.07) is 5.91. The van der Waals surface area contributed by atoms with Crippen molar-refractivity contribution in [2.75, 3.05) is 0 Å². The van der Waals surface area contributed by atoms with E-state index in [-0.39, 0.29) is 0 Å². The highest BCUT2D eigenvalue weighted by atomic mass is 16.7. The van der Waals surface area contributed by atoms with E-state index in [0.29, 0.717) is 0 Å². The first-order chi connectivity index (χ1) is 6.51. The van der Waals surface area contributed by atoms with Crippen LogP contribution in [0.1, 0.15) is 19.4 Å². The van der Waals surface area contributed by atoms with Crippen molar-refractivity contribution in [1.82, 2.24) is 0 Å². The monoisotopic (exact) mass is 190 g/mol. The summed E-state index contributed by atoms with van der Waals surface area (Å²) in [6.45, 7) is 9.67. The number of aryl methyl sites for hydroxylation is 1. The highest BCUT2D eigenvalue weighted by molar-refractivity contribution is 5.46. The van der Waals surface area contributed by atoms with Gasteiger partial charge in [0.25, 0.3) is 5.79 Å². The van der Waals surface area contributed by atoms with Crippen molar-refractivity contribution in [2.24, 2.45) is 0 Å². The number of benzene rings is 1. The molecule has 0 saturated heterocycles. The fourth-order valence-electron chi connectivity index (χ4n) is 1.39. The summed E-state index contributed by atoms with van der Waals surface area (Å²) in [5.41, 5.74) is 2.03. The molecule has 1 unspecified atom stereocenters. The molecule has 0 N–H and O–H groups in total. The Bertz CT molecular complexity index is 395. The molecule has 2 rings (SSSR count). The molecule has 0 saturated carbocycles. The smallest absolute Gasteiger partial charge is 0.270 e. The average Bonchev–Trinajstić information content (AvgIpc) is 2.42. The third-order valence-corrected chi connectivity index (χ3v) is 2.48. The van der Waals surface area contributed by atoms with Gasteiger partial charge in [0.2, 0.25) is 0 Å².